The highest BCUT2D eigenvalue weighted by Crippen LogP contribution is 2.29. The topological polar surface area (TPSA) is 91.4 Å². The highest BCUT2D eigenvalue weighted by molar-refractivity contribution is 7.15. The zero-order valence-electron chi connectivity index (χ0n) is 24.2. The second kappa shape index (κ2) is 12.1. The van der Waals surface area contributed by atoms with Crippen molar-refractivity contribution >= 4 is 22.4 Å². The number of para-hydroxylation sites is 1. The van der Waals surface area contributed by atoms with Crippen LogP contribution in [0.5, 0.6) is 5.75 Å². The van der Waals surface area contributed by atoms with E-state index in [1.54, 1.807) is 10.8 Å². The van der Waals surface area contributed by atoms with Gasteiger partial charge in [0, 0.05) is 23.7 Å². The van der Waals surface area contributed by atoms with Crippen LogP contribution >= 0.6 is 11.3 Å². The zero-order chi connectivity index (χ0) is 29.9. The van der Waals surface area contributed by atoms with Crippen LogP contribution in [0.15, 0.2) is 94.6 Å². The van der Waals surface area contributed by atoms with Crippen molar-refractivity contribution in [3.8, 4) is 22.7 Å². The van der Waals surface area contributed by atoms with Gasteiger partial charge in [-0.25, -0.2) is 4.68 Å². The zero-order valence-corrected chi connectivity index (χ0v) is 25.0. The van der Waals surface area contributed by atoms with Crippen molar-refractivity contribution in [3.05, 3.63) is 133 Å². The standard InChI is InChI=1S/C34H31N5O3S/c1-22(2)16-17-42-29-15-14-25(18-23(29)3)31-26(21-38(37-31)27-12-8-5-9-13-27)20-30-33(41)39-34(43-30)35-32(40)28(36-39)19-24-10-6-4-7-11-24/h4-15,18,20-22H,16-17,19H2,1-3H3. The van der Waals surface area contributed by atoms with E-state index in [4.69, 9.17) is 9.84 Å². The molecule has 3 aromatic heterocycles. The molecule has 43 heavy (non-hydrogen) atoms. The smallest absolute Gasteiger partial charge is 0.296 e. The number of aromatic nitrogens is 5. The molecule has 216 valence electrons. The third-order valence-electron chi connectivity index (χ3n) is 7.12. The normalized spacial score (nSPS) is 12.0. The van der Waals surface area contributed by atoms with E-state index < -0.39 is 5.56 Å². The monoisotopic (exact) mass is 589 g/mol. The van der Waals surface area contributed by atoms with Crippen LogP contribution in [-0.4, -0.2) is 31.0 Å². The number of thiazole rings is 1. The summed E-state index contributed by atoms with van der Waals surface area (Å²) in [5.74, 6) is 1.41. The molecule has 0 atom stereocenters. The first-order chi connectivity index (χ1) is 20.9. The van der Waals surface area contributed by atoms with Crippen LogP contribution in [0.2, 0.25) is 0 Å². The van der Waals surface area contributed by atoms with Crippen molar-refractivity contribution in [1.29, 1.82) is 0 Å². The minimum atomic E-state index is -0.430. The van der Waals surface area contributed by atoms with E-state index in [1.807, 2.05) is 85.9 Å². The summed E-state index contributed by atoms with van der Waals surface area (Å²) in [5, 5.41) is 9.33. The Balaban J connectivity index is 1.43. The lowest BCUT2D eigenvalue weighted by Gasteiger charge is -2.11. The molecule has 3 aromatic carbocycles. The molecule has 0 spiro atoms. The summed E-state index contributed by atoms with van der Waals surface area (Å²) in [7, 11) is 0. The van der Waals surface area contributed by atoms with Gasteiger partial charge in [-0.15, -0.1) is 0 Å². The number of nitrogens with zero attached hydrogens (tertiary/aromatic N) is 5. The number of benzene rings is 3. The highest BCUT2D eigenvalue weighted by atomic mass is 32.1. The lowest BCUT2D eigenvalue weighted by molar-refractivity contribution is 0.288. The fourth-order valence-corrected chi connectivity index (χ4v) is 5.67. The summed E-state index contributed by atoms with van der Waals surface area (Å²) in [6, 6.07) is 25.4. The number of fused-ring (bicyclic) bond motifs is 1. The summed E-state index contributed by atoms with van der Waals surface area (Å²) in [4.78, 5) is 30.7. The first-order valence-corrected chi connectivity index (χ1v) is 15.0. The van der Waals surface area contributed by atoms with E-state index >= 15 is 0 Å². The maximum atomic E-state index is 13.5. The van der Waals surface area contributed by atoms with E-state index in [-0.39, 0.29) is 16.2 Å². The Hall–Kier alpha value is -4.89. The van der Waals surface area contributed by atoms with Crippen molar-refractivity contribution in [2.45, 2.75) is 33.6 Å². The summed E-state index contributed by atoms with van der Waals surface area (Å²) in [5.41, 5.74) is 4.68. The van der Waals surface area contributed by atoms with Gasteiger partial charge in [0.2, 0.25) is 4.96 Å². The summed E-state index contributed by atoms with van der Waals surface area (Å²) in [6.45, 7) is 7.04. The van der Waals surface area contributed by atoms with Gasteiger partial charge in [0.1, 0.15) is 17.1 Å². The predicted molar refractivity (Wildman–Crippen MR) is 170 cm³/mol. The van der Waals surface area contributed by atoms with Gasteiger partial charge in [0.25, 0.3) is 11.1 Å². The Labute approximate surface area is 252 Å². The van der Waals surface area contributed by atoms with Crippen LogP contribution in [0.25, 0.3) is 28.0 Å². The average molecular weight is 590 g/mol. The molecule has 0 aliphatic carbocycles. The molecule has 0 radical (unpaired) electrons. The maximum Gasteiger partial charge on any atom is 0.296 e. The molecule has 6 aromatic rings. The van der Waals surface area contributed by atoms with E-state index in [1.165, 1.54) is 4.52 Å². The third kappa shape index (κ3) is 6.17. The predicted octanol–water partition coefficient (Wildman–Crippen LogP) is 5.24. The van der Waals surface area contributed by atoms with Gasteiger partial charge in [0.05, 0.1) is 16.8 Å². The molecule has 9 heteroatoms. The van der Waals surface area contributed by atoms with Crippen molar-refractivity contribution in [2.75, 3.05) is 6.61 Å². The molecular formula is C34H31N5O3S. The number of hydrogen-bond donors (Lipinski definition) is 0. The quantitative estimate of drug-likeness (QED) is 0.229. The Morgan fingerprint density at radius 2 is 1.70 bits per heavy atom. The lowest BCUT2D eigenvalue weighted by atomic mass is 10.0. The number of hydrogen-bond acceptors (Lipinski definition) is 7. The van der Waals surface area contributed by atoms with Crippen molar-refractivity contribution in [3.63, 3.8) is 0 Å². The summed E-state index contributed by atoms with van der Waals surface area (Å²) in [6.07, 6.45) is 4.99. The van der Waals surface area contributed by atoms with Gasteiger partial charge in [0.15, 0.2) is 0 Å². The second-order valence-corrected chi connectivity index (χ2v) is 11.9. The van der Waals surface area contributed by atoms with E-state index in [2.05, 4.69) is 30.0 Å². The molecule has 0 amide bonds. The van der Waals surface area contributed by atoms with Crippen LogP contribution in [0.4, 0.5) is 0 Å². The maximum absolute atomic E-state index is 13.5. The van der Waals surface area contributed by atoms with E-state index in [9.17, 15) is 9.59 Å². The molecule has 0 bridgehead atoms. The molecule has 0 N–H and O–H groups in total. The lowest BCUT2D eigenvalue weighted by Crippen LogP contribution is -2.28. The molecule has 0 aliphatic rings. The minimum Gasteiger partial charge on any atom is -0.493 e. The SMILES string of the molecule is Cc1cc(-c2nn(-c3ccccc3)cc2C=c2sc3nc(=O)c(Cc4ccccc4)nn3c2=O)ccc1OCCC(C)C. The van der Waals surface area contributed by atoms with Gasteiger partial charge in [-0.3, -0.25) is 9.59 Å². The van der Waals surface area contributed by atoms with Crippen molar-refractivity contribution in [1.82, 2.24) is 24.4 Å². The van der Waals surface area contributed by atoms with Crippen LogP contribution in [0.3, 0.4) is 0 Å². The van der Waals surface area contributed by atoms with Gasteiger partial charge in [-0.1, -0.05) is 73.7 Å². The molecule has 8 nitrogen and oxygen atoms in total. The molecule has 0 unspecified atom stereocenters. The van der Waals surface area contributed by atoms with E-state index in [0.29, 0.717) is 23.5 Å². The Morgan fingerprint density at radius 1 is 0.953 bits per heavy atom. The molecule has 6 rings (SSSR count). The molecule has 0 saturated carbocycles. The summed E-state index contributed by atoms with van der Waals surface area (Å²) >= 11 is 1.14. The molecule has 0 fully saturated rings. The van der Waals surface area contributed by atoms with Crippen molar-refractivity contribution < 1.29 is 4.74 Å². The largest absolute Gasteiger partial charge is 0.493 e. The van der Waals surface area contributed by atoms with Gasteiger partial charge < -0.3 is 4.74 Å². The second-order valence-electron chi connectivity index (χ2n) is 10.9. The first kappa shape index (κ1) is 28.2. The Kier molecular flexibility index (Phi) is 7.98. The molecule has 0 saturated heterocycles. The Morgan fingerprint density at radius 3 is 2.42 bits per heavy atom. The Bertz CT molecular complexity index is 2070. The number of aryl methyl sites for hydroxylation is 1. The fraction of sp³-hybridized carbons (Fsp3) is 0.206. The summed E-state index contributed by atoms with van der Waals surface area (Å²) < 4.78 is 9.47. The van der Waals surface area contributed by atoms with Gasteiger partial charge in [-0.2, -0.15) is 19.7 Å². The number of rotatable bonds is 9. The van der Waals surface area contributed by atoms with E-state index in [0.717, 1.165) is 57.1 Å². The van der Waals surface area contributed by atoms with Crippen molar-refractivity contribution in [2.24, 2.45) is 5.92 Å². The van der Waals surface area contributed by atoms with Crippen LogP contribution in [0, 0.1) is 12.8 Å². The minimum absolute atomic E-state index is 0.230. The first-order valence-electron chi connectivity index (χ1n) is 14.2. The molecule has 3 heterocycles. The molecular weight excluding hydrogens is 558 g/mol. The van der Waals surface area contributed by atoms with Crippen LogP contribution in [0.1, 0.15) is 42.7 Å². The molecule has 0 aliphatic heterocycles. The third-order valence-corrected chi connectivity index (χ3v) is 8.07. The van der Waals surface area contributed by atoms with Crippen LogP contribution in [-0.2, 0) is 6.42 Å². The average Bonchev–Trinajstić information content (AvgIpc) is 3.55. The van der Waals surface area contributed by atoms with Gasteiger partial charge in [-0.05, 0) is 66.8 Å². The number of ether oxygens (including phenoxy) is 1. The fourth-order valence-electron chi connectivity index (χ4n) is 4.78. The van der Waals surface area contributed by atoms with Crippen LogP contribution < -0.4 is 20.4 Å². The highest BCUT2D eigenvalue weighted by Gasteiger charge is 2.16. The van der Waals surface area contributed by atoms with Gasteiger partial charge >= 0.3 is 0 Å².